The fourth-order valence-corrected chi connectivity index (χ4v) is 2.27. The minimum absolute atomic E-state index is 0.0291. The molecule has 0 radical (unpaired) electrons. The molecule has 0 aliphatic rings. The summed E-state index contributed by atoms with van der Waals surface area (Å²) in [6.07, 6.45) is 2.46. The average Bonchev–Trinajstić information content (AvgIpc) is 2.83. The quantitative estimate of drug-likeness (QED) is 0.737. The van der Waals surface area contributed by atoms with Crippen LogP contribution < -0.4 is 10.5 Å². The number of hydrogen-bond donors (Lipinski definition) is 3. The molecule has 0 unspecified atom stereocenters. The molecule has 8 heteroatoms. The number of amides is 1. The van der Waals surface area contributed by atoms with Gasteiger partial charge in [0, 0.05) is 17.4 Å². The second-order valence-electron chi connectivity index (χ2n) is 3.48. The maximum absolute atomic E-state index is 11.8. The number of carbonyl (C=O) groups is 1. The van der Waals surface area contributed by atoms with E-state index in [0.717, 1.165) is 0 Å². The lowest BCUT2D eigenvalue weighted by Crippen LogP contribution is -2.13. The Morgan fingerprint density at radius 2 is 1.94 bits per heavy atom. The predicted octanol–water partition coefficient (Wildman–Crippen LogP) is 0.309. The average molecular weight is 266 g/mol. The van der Waals surface area contributed by atoms with Gasteiger partial charge in [-0.3, -0.25) is 14.6 Å². The van der Waals surface area contributed by atoms with Crippen LogP contribution in [0.25, 0.3) is 0 Å². The maximum atomic E-state index is 11.8. The summed E-state index contributed by atoms with van der Waals surface area (Å²) < 4.78 is 26.0. The number of hydrogen-bond acceptors (Lipinski definition) is 4. The molecule has 1 amide bonds. The largest absolute Gasteiger partial charge is 0.366 e. The molecule has 18 heavy (non-hydrogen) atoms. The Balaban J connectivity index is 2.22. The van der Waals surface area contributed by atoms with E-state index in [0.29, 0.717) is 11.3 Å². The van der Waals surface area contributed by atoms with Crippen molar-refractivity contribution in [3.8, 4) is 0 Å². The number of sulfonamides is 1. The topological polar surface area (TPSA) is 118 Å². The van der Waals surface area contributed by atoms with Crippen LogP contribution >= 0.6 is 0 Å². The molecule has 0 spiro atoms. The van der Waals surface area contributed by atoms with E-state index in [-0.39, 0.29) is 4.90 Å². The number of primary amides is 1. The van der Waals surface area contributed by atoms with Gasteiger partial charge in [-0.2, -0.15) is 5.10 Å². The number of carbonyl (C=O) groups excluding carboxylic acids is 1. The molecular formula is C10H10N4O3S. The van der Waals surface area contributed by atoms with Gasteiger partial charge in [0.15, 0.2) is 0 Å². The second-order valence-corrected chi connectivity index (χ2v) is 5.16. The van der Waals surface area contributed by atoms with E-state index in [1.54, 1.807) is 0 Å². The third kappa shape index (κ3) is 2.48. The van der Waals surface area contributed by atoms with E-state index >= 15 is 0 Å². The summed E-state index contributed by atoms with van der Waals surface area (Å²) in [5, 5.41) is 5.98. The fourth-order valence-electron chi connectivity index (χ4n) is 1.30. The number of benzene rings is 1. The summed E-state index contributed by atoms with van der Waals surface area (Å²) in [7, 11) is -3.66. The molecule has 0 saturated heterocycles. The van der Waals surface area contributed by atoms with Gasteiger partial charge in [-0.25, -0.2) is 8.42 Å². The Hall–Kier alpha value is -2.35. The van der Waals surface area contributed by atoms with Gasteiger partial charge in [-0.05, 0) is 24.3 Å². The Bertz CT molecular complexity index is 647. The summed E-state index contributed by atoms with van der Waals surface area (Å²) in [4.78, 5) is 10.9. The van der Waals surface area contributed by atoms with Crippen molar-refractivity contribution >= 4 is 21.6 Å². The molecule has 1 heterocycles. The molecule has 0 atom stereocenters. The van der Waals surface area contributed by atoms with Crippen LogP contribution in [0, 0.1) is 0 Å². The first-order chi connectivity index (χ1) is 8.49. The van der Waals surface area contributed by atoms with E-state index in [4.69, 9.17) is 5.73 Å². The van der Waals surface area contributed by atoms with Crippen molar-refractivity contribution in [1.82, 2.24) is 10.2 Å². The van der Waals surface area contributed by atoms with Gasteiger partial charge in [0.05, 0.1) is 6.20 Å². The van der Waals surface area contributed by atoms with Crippen molar-refractivity contribution in [2.75, 3.05) is 4.72 Å². The van der Waals surface area contributed by atoms with Gasteiger partial charge in [0.25, 0.3) is 10.0 Å². The molecular weight excluding hydrogens is 256 g/mol. The second kappa shape index (κ2) is 4.49. The van der Waals surface area contributed by atoms with Crippen molar-refractivity contribution in [2.45, 2.75) is 4.90 Å². The Labute approximate surface area is 103 Å². The predicted molar refractivity (Wildman–Crippen MR) is 64.4 cm³/mol. The highest BCUT2D eigenvalue weighted by Gasteiger charge is 2.15. The van der Waals surface area contributed by atoms with Crippen LogP contribution in [-0.2, 0) is 10.0 Å². The van der Waals surface area contributed by atoms with Crippen molar-refractivity contribution in [1.29, 1.82) is 0 Å². The summed E-state index contributed by atoms with van der Waals surface area (Å²) >= 11 is 0. The summed E-state index contributed by atoms with van der Waals surface area (Å²) in [6.45, 7) is 0. The molecule has 4 N–H and O–H groups in total. The first-order valence-electron chi connectivity index (χ1n) is 4.90. The van der Waals surface area contributed by atoms with Crippen LogP contribution in [0.1, 0.15) is 10.4 Å². The number of aromatic nitrogens is 2. The van der Waals surface area contributed by atoms with Crippen molar-refractivity contribution < 1.29 is 13.2 Å². The molecule has 1 aromatic heterocycles. The summed E-state index contributed by atoms with van der Waals surface area (Å²) in [6, 6.07) is 5.79. The zero-order valence-corrected chi connectivity index (χ0v) is 9.94. The number of nitrogens with one attached hydrogen (secondary N) is 2. The first kappa shape index (κ1) is 12.1. The molecule has 1 aromatic carbocycles. The van der Waals surface area contributed by atoms with Crippen LogP contribution in [0.5, 0.6) is 0 Å². The molecule has 0 aliphatic heterocycles. The maximum Gasteiger partial charge on any atom is 0.265 e. The van der Waals surface area contributed by atoms with Gasteiger partial charge in [-0.15, -0.1) is 0 Å². The lowest BCUT2D eigenvalue weighted by molar-refractivity contribution is 0.100. The van der Waals surface area contributed by atoms with E-state index in [9.17, 15) is 13.2 Å². The van der Waals surface area contributed by atoms with Gasteiger partial charge in [0.2, 0.25) is 5.91 Å². The van der Waals surface area contributed by atoms with Crippen molar-refractivity contribution in [3.63, 3.8) is 0 Å². The zero-order chi connectivity index (χ0) is 13.2. The summed E-state index contributed by atoms with van der Waals surface area (Å²) in [5.41, 5.74) is 5.72. The van der Waals surface area contributed by atoms with Gasteiger partial charge >= 0.3 is 0 Å². The first-order valence-corrected chi connectivity index (χ1v) is 6.39. The number of anilines is 1. The highest BCUT2D eigenvalue weighted by atomic mass is 32.2. The number of rotatable bonds is 4. The van der Waals surface area contributed by atoms with Gasteiger partial charge in [0.1, 0.15) is 4.90 Å². The Morgan fingerprint density at radius 1 is 1.28 bits per heavy atom. The minimum Gasteiger partial charge on any atom is -0.366 e. The lowest BCUT2D eigenvalue weighted by atomic mass is 10.2. The van der Waals surface area contributed by atoms with Crippen LogP contribution in [0.3, 0.4) is 0 Å². The molecule has 7 nitrogen and oxygen atoms in total. The molecule has 0 aliphatic carbocycles. The standard InChI is InChI=1S/C10H10N4O3S/c11-10(15)7-1-3-8(4-2-7)14-18(16,17)9-5-12-13-6-9/h1-6,14H,(H2,11,15)(H,12,13). The van der Waals surface area contributed by atoms with Gasteiger partial charge in [-0.1, -0.05) is 0 Å². The number of nitrogens with zero attached hydrogens (tertiary/aromatic N) is 1. The number of aromatic amines is 1. The van der Waals surface area contributed by atoms with Crippen molar-refractivity contribution in [3.05, 3.63) is 42.2 Å². The molecule has 2 aromatic rings. The smallest absolute Gasteiger partial charge is 0.265 e. The van der Waals surface area contributed by atoms with E-state index in [1.807, 2.05) is 0 Å². The number of H-pyrrole nitrogens is 1. The third-order valence-corrected chi connectivity index (χ3v) is 3.55. The van der Waals surface area contributed by atoms with Crippen LogP contribution in [0.2, 0.25) is 0 Å². The van der Waals surface area contributed by atoms with Crippen LogP contribution in [0.15, 0.2) is 41.6 Å². The van der Waals surface area contributed by atoms with E-state index in [2.05, 4.69) is 14.9 Å². The third-order valence-electron chi connectivity index (χ3n) is 2.21. The fraction of sp³-hybridized carbons (Fsp3) is 0. The van der Waals surface area contributed by atoms with Gasteiger partial charge < -0.3 is 5.73 Å². The minimum atomic E-state index is -3.66. The molecule has 0 fully saturated rings. The molecule has 2 rings (SSSR count). The zero-order valence-electron chi connectivity index (χ0n) is 9.12. The number of nitrogens with two attached hydrogens (primary N) is 1. The van der Waals surface area contributed by atoms with Crippen molar-refractivity contribution in [2.24, 2.45) is 5.73 Å². The van der Waals surface area contributed by atoms with Crippen LogP contribution in [0.4, 0.5) is 5.69 Å². The molecule has 0 bridgehead atoms. The SMILES string of the molecule is NC(=O)c1ccc(NS(=O)(=O)c2cn[nH]c2)cc1. The Kier molecular flexibility index (Phi) is 3.02. The molecule has 0 saturated carbocycles. The normalized spacial score (nSPS) is 11.1. The lowest BCUT2D eigenvalue weighted by Gasteiger charge is -2.06. The van der Waals surface area contributed by atoms with E-state index in [1.165, 1.54) is 36.7 Å². The Morgan fingerprint density at radius 3 is 2.44 bits per heavy atom. The monoisotopic (exact) mass is 266 g/mol. The summed E-state index contributed by atoms with van der Waals surface area (Å²) in [5.74, 6) is -0.570. The molecule has 94 valence electrons. The highest BCUT2D eigenvalue weighted by Crippen LogP contribution is 2.15. The highest BCUT2D eigenvalue weighted by molar-refractivity contribution is 7.92. The van der Waals surface area contributed by atoms with E-state index < -0.39 is 15.9 Å². The van der Waals surface area contributed by atoms with Crippen LogP contribution in [-0.4, -0.2) is 24.5 Å².